The minimum Gasteiger partial charge on any atom is -0.448 e. The van der Waals surface area contributed by atoms with Gasteiger partial charge in [0.2, 0.25) is 0 Å². The monoisotopic (exact) mass is 411 g/mol. The largest absolute Gasteiger partial charge is 0.448 e. The summed E-state index contributed by atoms with van der Waals surface area (Å²) in [5, 5.41) is 4.30. The van der Waals surface area contributed by atoms with Crippen LogP contribution in [0.3, 0.4) is 0 Å². The maximum Gasteiger partial charge on any atom is 0.410 e. The molecule has 0 radical (unpaired) electrons. The summed E-state index contributed by atoms with van der Waals surface area (Å²) >= 11 is 0. The molecule has 1 amide bonds. The van der Waals surface area contributed by atoms with Crippen LogP contribution in [0.4, 0.5) is 4.79 Å². The Kier molecular flexibility index (Phi) is 4.23. The predicted octanol–water partition coefficient (Wildman–Crippen LogP) is 4.99. The second-order valence-electron chi connectivity index (χ2n) is 8.75. The van der Waals surface area contributed by atoms with Gasteiger partial charge in [-0.3, -0.25) is 9.58 Å². The number of amides is 1. The number of ether oxygens (including phenoxy) is 1. The van der Waals surface area contributed by atoms with E-state index < -0.39 is 0 Å². The van der Waals surface area contributed by atoms with Crippen molar-refractivity contribution in [2.45, 2.75) is 37.3 Å². The van der Waals surface area contributed by atoms with Crippen LogP contribution in [-0.4, -0.2) is 39.5 Å². The number of hydrogen-bond acceptors (Lipinski definition) is 3. The van der Waals surface area contributed by atoms with Crippen LogP contribution in [0.15, 0.2) is 66.9 Å². The first-order chi connectivity index (χ1) is 15.2. The van der Waals surface area contributed by atoms with Gasteiger partial charge in [-0.1, -0.05) is 54.6 Å². The van der Waals surface area contributed by atoms with E-state index in [0.717, 1.165) is 25.0 Å². The van der Waals surface area contributed by atoms with Gasteiger partial charge in [0.25, 0.3) is 0 Å². The average Bonchev–Trinajstić information content (AvgIpc) is 3.44. The van der Waals surface area contributed by atoms with E-state index in [-0.39, 0.29) is 24.1 Å². The molecule has 1 aliphatic carbocycles. The van der Waals surface area contributed by atoms with Crippen molar-refractivity contribution < 1.29 is 9.53 Å². The smallest absolute Gasteiger partial charge is 0.410 e. The van der Waals surface area contributed by atoms with Gasteiger partial charge in [0.1, 0.15) is 6.61 Å². The van der Waals surface area contributed by atoms with Crippen molar-refractivity contribution in [1.29, 1.82) is 0 Å². The minimum absolute atomic E-state index is 0.0966. The van der Waals surface area contributed by atoms with Gasteiger partial charge >= 0.3 is 6.09 Å². The summed E-state index contributed by atoms with van der Waals surface area (Å²) in [6.45, 7) is 0.376. The van der Waals surface area contributed by atoms with Gasteiger partial charge in [-0.25, -0.2) is 4.79 Å². The minimum atomic E-state index is -0.185. The lowest BCUT2D eigenvalue weighted by molar-refractivity contribution is 0.0866. The standard InChI is InChI=1S/C26H25N3O2/c1-28-25(12-13-27-28)17-14-18-10-11-19(15-17)29(18)26(30)31-16-24-22-8-4-2-6-20(22)21-7-3-5-9-23(21)24/h2-9,12-14,18-19,24H,10-11,15-16H2,1H3. The Labute approximate surface area is 181 Å². The van der Waals surface area contributed by atoms with Crippen LogP contribution >= 0.6 is 0 Å². The molecule has 2 unspecified atom stereocenters. The highest BCUT2D eigenvalue weighted by atomic mass is 16.6. The van der Waals surface area contributed by atoms with Gasteiger partial charge in [0, 0.05) is 25.2 Å². The number of carbonyl (C=O) groups excluding carboxylic acids is 1. The van der Waals surface area contributed by atoms with Crippen LogP contribution in [0.5, 0.6) is 0 Å². The number of fused-ring (bicyclic) bond motifs is 5. The van der Waals surface area contributed by atoms with Crippen LogP contribution in [-0.2, 0) is 11.8 Å². The normalized spacial score (nSPS) is 21.6. The van der Waals surface area contributed by atoms with Crippen molar-refractivity contribution in [3.05, 3.63) is 83.7 Å². The summed E-state index contributed by atoms with van der Waals surface area (Å²) in [7, 11) is 1.97. The van der Waals surface area contributed by atoms with Crippen molar-refractivity contribution in [1.82, 2.24) is 14.7 Å². The van der Waals surface area contributed by atoms with Gasteiger partial charge < -0.3 is 4.74 Å². The van der Waals surface area contributed by atoms with Crippen molar-refractivity contribution in [3.8, 4) is 11.1 Å². The van der Waals surface area contributed by atoms with E-state index in [4.69, 9.17) is 4.74 Å². The Hall–Kier alpha value is -3.34. The highest BCUT2D eigenvalue weighted by Crippen LogP contribution is 2.45. The molecule has 5 nitrogen and oxygen atoms in total. The molecule has 1 aromatic heterocycles. The molecular formula is C26H25N3O2. The maximum atomic E-state index is 13.2. The second kappa shape index (κ2) is 7.12. The van der Waals surface area contributed by atoms with Crippen LogP contribution < -0.4 is 0 Å². The molecule has 5 heteroatoms. The zero-order valence-corrected chi connectivity index (χ0v) is 17.6. The summed E-state index contributed by atoms with van der Waals surface area (Å²) in [6, 6.07) is 19.3. The van der Waals surface area contributed by atoms with E-state index in [9.17, 15) is 4.79 Å². The molecule has 3 aromatic rings. The summed E-state index contributed by atoms with van der Waals surface area (Å²) in [5.74, 6) is 0.0966. The van der Waals surface area contributed by atoms with Gasteiger partial charge in [-0.05, 0) is 53.2 Å². The lowest BCUT2D eigenvalue weighted by Gasteiger charge is -2.33. The Morgan fingerprint density at radius 1 is 1.03 bits per heavy atom. The third kappa shape index (κ3) is 2.91. The molecule has 2 aromatic carbocycles. The van der Waals surface area contributed by atoms with E-state index in [1.807, 2.05) is 28.9 Å². The summed E-state index contributed by atoms with van der Waals surface area (Å²) in [6.07, 6.45) is 6.76. The fourth-order valence-corrected chi connectivity index (χ4v) is 5.66. The van der Waals surface area contributed by atoms with E-state index in [1.165, 1.54) is 27.8 Å². The van der Waals surface area contributed by atoms with Crippen molar-refractivity contribution >= 4 is 11.7 Å². The highest BCUT2D eigenvalue weighted by molar-refractivity contribution is 5.79. The highest BCUT2D eigenvalue weighted by Gasteiger charge is 2.41. The van der Waals surface area contributed by atoms with Crippen molar-refractivity contribution in [2.24, 2.45) is 7.05 Å². The number of nitrogens with zero attached hydrogens (tertiary/aromatic N) is 3. The first-order valence-electron chi connectivity index (χ1n) is 11.0. The lowest BCUT2D eigenvalue weighted by atomic mass is 9.98. The maximum absolute atomic E-state index is 13.2. The fraction of sp³-hybridized carbons (Fsp3) is 0.308. The molecule has 0 N–H and O–H groups in total. The Balaban J connectivity index is 1.21. The molecule has 156 valence electrons. The molecule has 1 saturated heterocycles. The van der Waals surface area contributed by atoms with Crippen LogP contribution in [0, 0.1) is 0 Å². The predicted molar refractivity (Wildman–Crippen MR) is 120 cm³/mol. The quantitative estimate of drug-likeness (QED) is 0.610. The van der Waals surface area contributed by atoms with E-state index >= 15 is 0 Å². The number of carbonyl (C=O) groups is 1. The van der Waals surface area contributed by atoms with Gasteiger partial charge in [-0.15, -0.1) is 0 Å². The Morgan fingerprint density at radius 3 is 2.39 bits per heavy atom. The van der Waals surface area contributed by atoms with Gasteiger partial charge in [-0.2, -0.15) is 5.10 Å². The fourth-order valence-electron chi connectivity index (χ4n) is 5.66. The van der Waals surface area contributed by atoms with E-state index in [1.54, 1.807) is 0 Å². The van der Waals surface area contributed by atoms with Crippen LogP contribution in [0.1, 0.15) is 42.0 Å². The average molecular weight is 412 g/mol. The Bertz CT molecular complexity index is 1150. The number of rotatable bonds is 3. The molecule has 2 aliphatic heterocycles. The summed E-state index contributed by atoms with van der Waals surface area (Å²) < 4.78 is 7.86. The molecule has 6 rings (SSSR count). The first-order valence-corrected chi connectivity index (χ1v) is 11.0. The number of benzene rings is 2. The molecule has 2 atom stereocenters. The molecule has 1 fully saturated rings. The first kappa shape index (κ1) is 18.4. The summed E-state index contributed by atoms with van der Waals surface area (Å²) in [5.41, 5.74) is 7.43. The van der Waals surface area contributed by atoms with E-state index in [2.05, 4.69) is 59.7 Å². The zero-order valence-electron chi connectivity index (χ0n) is 17.6. The van der Waals surface area contributed by atoms with Crippen LogP contribution in [0.2, 0.25) is 0 Å². The second-order valence-corrected chi connectivity index (χ2v) is 8.75. The molecule has 3 aliphatic rings. The molecule has 0 saturated carbocycles. The van der Waals surface area contributed by atoms with Crippen molar-refractivity contribution in [2.75, 3.05) is 6.61 Å². The number of hydrogen-bond donors (Lipinski definition) is 0. The van der Waals surface area contributed by atoms with Gasteiger partial charge in [0.05, 0.1) is 11.7 Å². The topological polar surface area (TPSA) is 47.4 Å². The third-order valence-electron chi connectivity index (χ3n) is 7.09. The van der Waals surface area contributed by atoms with Crippen molar-refractivity contribution in [3.63, 3.8) is 0 Å². The molecule has 0 spiro atoms. The zero-order chi connectivity index (χ0) is 20.9. The van der Waals surface area contributed by atoms with Crippen LogP contribution in [0.25, 0.3) is 16.7 Å². The van der Waals surface area contributed by atoms with E-state index in [0.29, 0.717) is 6.61 Å². The summed E-state index contributed by atoms with van der Waals surface area (Å²) in [4.78, 5) is 15.1. The SMILES string of the molecule is Cn1nccc1C1=CC2CCC(C1)N2C(=O)OCC1c2ccccc2-c2ccccc21. The number of aryl methyl sites for hydroxylation is 1. The third-order valence-corrected chi connectivity index (χ3v) is 7.09. The Morgan fingerprint density at radius 2 is 1.74 bits per heavy atom. The lowest BCUT2D eigenvalue weighted by Crippen LogP contribution is -2.43. The molecular weight excluding hydrogens is 386 g/mol. The molecule has 3 heterocycles. The van der Waals surface area contributed by atoms with Gasteiger partial charge in [0.15, 0.2) is 0 Å². The molecule has 2 bridgehead atoms. The molecule has 31 heavy (non-hydrogen) atoms. The number of aromatic nitrogens is 2.